The van der Waals surface area contributed by atoms with Crippen molar-refractivity contribution in [3.8, 4) is 5.69 Å². The van der Waals surface area contributed by atoms with Crippen molar-refractivity contribution in [2.24, 2.45) is 0 Å². The zero-order chi connectivity index (χ0) is 19.9. The van der Waals surface area contributed by atoms with Gasteiger partial charge in [0.25, 0.3) is 0 Å². The van der Waals surface area contributed by atoms with Gasteiger partial charge in [-0.1, -0.05) is 24.3 Å². The lowest BCUT2D eigenvalue weighted by Crippen LogP contribution is -2.27. The van der Waals surface area contributed by atoms with Crippen molar-refractivity contribution in [3.05, 3.63) is 53.6 Å². The molecule has 0 spiro atoms. The first-order chi connectivity index (χ1) is 13.1. The van der Waals surface area contributed by atoms with Crippen LogP contribution in [0.15, 0.2) is 42.5 Å². The van der Waals surface area contributed by atoms with Crippen LogP contribution in [0, 0.1) is 6.92 Å². The van der Waals surface area contributed by atoms with Gasteiger partial charge in [-0.15, -0.1) is 5.10 Å². The third kappa shape index (κ3) is 2.41. The largest absolute Gasteiger partial charge is 0.348 e. The summed E-state index contributed by atoms with van der Waals surface area (Å²) in [6.45, 7) is 3.27. The van der Waals surface area contributed by atoms with Crippen LogP contribution < -0.4 is 4.90 Å². The highest BCUT2D eigenvalue weighted by Gasteiger charge is 2.76. The van der Waals surface area contributed by atoms with E-state index in [1.807, 2.05) is 25.1 Å². The number of aryl methyl sites for hydroxylation is 1. The fraction of sp³-hybridized carbons (Fsp3) is 0.381. The van der Waals surface area contributed by atoms with Crippen LogP contribution in [-0.2, 0) is 5.57 Å². The van der Waals surface area contributed by atoms with E-state index in [0.717, 1.165) is 22.2 Å². The van der Waals surface area contributed by atoms with Crippen molar-refractivity contribution in [2.45, 2.75) is 37.2 Å². The molecule has 2 aromatic carbocycles. The van der Waals surface area contributed by atoms with Gasteiger partial charge in [0.15, 0.2) is 17.2 Å². The number of aromatic nitrogens is 2. The predicted octanol–water partition coefficient (Wildman–Crippen LogP) is 4.28. The Hall–Kier alpha value is -2.44. The van der Waals surface area contributed by atoms with E-state index in [-0.39, 0.29) is 19.5 Å². The number of halogens is 3. The van der Waals surface area contributed by atoms with Gasteiger partial charge in [0, 0.05) is 11.8 Å². The summed E-state index contributed by atoms with van der Waals surface area (Å²) < 4.78 is 44.7. The molecule has 3 nitrogen and oxygen atoms in total. The van der Waals surface area contributed by atoms with Gasteiger partial charge in [-0.25, -0.2) is 13.5 Å². The molecular weight excluding hydrogens is 362 g/mol. The van der Waals surface area contributed by atoms with Gasteiger partial charge in [-0.05, 0) is 43.2 Å². The molecule has 3 atom stereocenters. The molecule has 2 aliphatic rings. The normalized spacial score (nSPS) is 28.4. The van der Waals surface area contributed by atoms with Crippen molar-refractivity contribution in [1.82, 2.24) is 9.78 Å². The molecule has 5 rings (SSSR count). The molecule has 2 fully saturated rings. The maximum atomic E-state index is 14.5. The van der Waals surface area contributed by atoms with E-state index in [1.54, 1.807) is 33.8 Å². The maximum absolute atomic E-state index is 14.5. The molecule has 0 bridgehead atoms. The molecule has 1 aliphatic carbocycles. The number of benzene rings is 2. The summed E-state index contributed by atoms with van der Waals surface area (Å²) in [5.74, 6) is 0.576. The van der Waals surface area contributed by atoms with Crippen molar-refractivity contribution >= 4 is 24.6 Å². The lowest BCUT2D eigenvalue weighted by molar-refractivity contribution is 0.217. The third-order valence-electron chi connectivity index (χ3n) is 5.99. The lowest BCUT2D eigenvalue weighted by Gasteiger charge is -2.18. The topological polar surface area (TPSA) is 21.1 Å². The van der Waals surface area contributed by atoms with Gasteiger partial charge in [-0.3, -0.25) is 4.39 Å². The minimum absolute atomic E-state index is 0.0102. The van der Waals surface area contributed by atoms with E-state index in [4.69, 9.17) is 12.9 Å². The Morgan fingerprint density at radius 3 is 2.32 bits per heavy atom. The summed E-state index contributed by atoms with van der Waals surface area (Å²) in [4.78, 5) is 1.70. The SMILES string of the molecule is [B]C(C)(F)c1ccc(-n2nc(N3CC4(F)CC4(F)C3)c3c(C)cccc32)cc1. The second kappa shape index (κ2) is 5.34. The van der Waals surface area contributed by atoms with Crippen LogP contribution in [0.25, 0.3) is 16.6 Å². The summed E-state index contributed by atoms with van der Waals surface area (Å²) in [5.41, 5.74) is -2.55. The Morgan fingerprint density at radius 2 is 1.71 bits per heavy atom. The molecule has 0 N–H and O–H groups in total. The number of fused-ring (bicyclic) bond motifs is 2. The van der Waals surface area contributed by atoms with E-state index in [9.17, 15) is 13.2 Å². The highest BCUT2D eigenvalue weighted by Crippen LogP contribution is 2.60. The highest BCUT2D eigenvalue weighted by molar-refractivity contribution is 6.14. The molecule has 1 aromatic heterocycles. The smallest absolute Gasteiger partial charge is 0.167 e. The molecule has 3 aromatic rings. The number of piperidine rings is 1. The van der Waals surface area contributed by atoms with Gasteiger partial charge in [-0.2, -0.15) is 0 Å². The van der Waals surface area contributed by atoms with Gasteiger partial charge in [0.05, 0.1) is 29.9 Å². The average Bonchev–Trinajstić information content (AvgIpc) is 2.92. The van der Waals surface area contributed by atoms with Crippen LogP contribution in [0.5, 0.6) is 0 Å². The molecular formula is C21H19BF3N3. The monoisotopic (exact) mass is 381 g/mol. The first kappa shape index (κ1) is 17.6. The number of hydrogen-bond acceptors (Lipinski definition) is 2. The molecule has 2 heterocycles. The van der Waals surface area contributed by atoms with Gasteiger partial charge < -0.3 is 4.90 Å². The van der Waals surface area contributed by atoms with Gasteiger partial charge in [0.2, 0.25) is 0 Å². The molecule has 142 valence electrons. The first-order valence-electron chi connectivity index (χ1n) is 9.31. The van der Waals surface area contributed by atoms with Crippen LogP contribution in [0.4, 0.5) is 19.0 Å². The molecule has 3 unspecified atom stereocenters. The Bertz CT molecular complexity index is 1070. The summed E-state index contributed by atoms with van der Waals surface area (Å²) in [5, 5.41) is 5.57. The van der Waals surface area contributed by atoms with E-state index in [1.165, 1.54) is 6.92 Å². The molecule has 1 aliphatic heterocycles. The fourth-order valence-electron chi connectivity index (χ4n) is 4.27. The molecule has 0 amide bonds. The minimum Gasteiger partial charge on any atom is -0.348 e. The molecule has 1 saturated carbocycles. The van der Waals surface area contributed by atoms with Crippen molar-refractivity contribution in [1.29, 1.82) is 0 Å². The van der Waals surface area contributed by atoms with E-state index in [0.29, 0.717) is 11.4 Å². The number of hydrogen-bond donors (Lipinski definition) is 0. The second-order valence-corrected chi connectivity index (χ2v) is 8.29. The Labute approximate surface area is 162 Å². The number of rotatable bonds is 3. The van der Waals surface area contributed by atoms with Crippen molar-refractivity contribution < 1.29 is 13.2 Å². The minimum atomic E-state index is -1.92. The Kier molecular flexibility index (Phi) is 3.36. The van der Waals surface area contributed by atoms with E-state index < -0.39 is 16.9 Å². The van der Waals surface area contributed by atoms with Crippen LogP contribution in [0.1, 0.15) is 24.5 Å². The molecule has 1 saturated heterocycles. The van der Waals surface area contributed by atoms with Crippen molar-refractivity contribution in [3.63, 3.8) is 0 Å². The van der Waals surface area contributed by atoms with Gasteiger partial charge >= 0.3 is 0 Å². The fourth-order valence-corrected chi connectivity index (χ4v) is 4.27. The Balaban J connectivity index is 1.62. The van der Waals surface area contributed by atoms with Crippen LogP contribution in [-0.4, -0.2) is 42.1 Å². The summed E-state index contributed by atoms with van der Waals surface area (Å²) >= 11 is 0. The molecule has 2 radical (unpaired) electrons. The number of nitrogens with zero attached hydrogens (tertiary/aromatic N) is 3. The van der Waals surface area contributed by atoms with Crippen LogP contribution >= 0.6 is 0 Å². The van der Waals surface area contributed by atoms with E-state index >= 15 is 0 Å². The third-order valence-corrected chi connectivity index (χ3v) is 5.99. The first-order valence-corrected chi connectivity index (χ1v) is 9.31. The average molecular weight is 381 g/mol. The highest BCUT2D eigenvalue weighted by atomic mass is 19.2. The molecule has 7 heteroatoms. The number of alkyl halides is 3. The van der Waals surface area contributed by atoms with Crippen molar-refractivity contribution in [2.75, 3.05) is 18.0 Å². The second-order valence-electron chi connectivity index (χ2n) is 8.29. The van der Waals surface area contributed by atoms with Gasteiger partial charge in [0.1, 0.15) is 7.85 Å². The summed E-state index contributed by atoms with van der Waals surface area (Å²) in [7, 11) is 5.52. The summed E-state index contributed by atoms with van der Waals surface area (Å²) in [6.07, 6.45) is -0.0311. The zero-order valence-corrected chi connectivity index (χ0v) is 15.7. The predicted molar refractivity (Wildman–Crippen MR) is 105 cm³/mol. The summed E-state index contributed by atoms with van der Waals surface area (Å²) in [6, 6.07) is 12.5. The Morgan fingerprint density at radius 1 is 1.07 bits per heavy atom. The zero-order valence-electron chi connectivity index (χ0n) is 15.7. The standard InChI is InChI=1S/C21H19BF3N3/c1-13-4-3-5-16-17(13)18(27-11-20(24)10-21(20,25)12-27)26-28(16)15-8-6-14(7-9-15)19(2,22)23/h3-9H,10-12H2,1-2H3. The molecule has 28 heavy (non-hydrogen) atoms. The maximum Gasteiger partial charge on any atom is 0.167 e. The number of anilines is 1. The van der Waals surface area contributed by atoms with Crippen LogP contribution in [0.3, 0.4) is 0 Å². The van der Waals surface area contributed by atoms with E-state index in [2.05, 4.69) is 0 Å². The van der Waals surface area contributed by atoms with Crippen LogP contribution in [0.2, 0.25) is 0 Å². The quantitative estimate of drug-likeness (QED) is 0.632. The lowest BCUT2D eigenvalue weighted by atomic mass is 9.79.